The van der Waals surface area contributed by atoms with E-state index in [1.165, 1.54) is 39.8 Å². The van der Waals surface area contributed by atoms with E-state index in [2.05, 4.69) is 10.6 Å². The molecule has 0 spiro atoms. The van der Waals surface area contributed by atoms with E-state index in [4.69, 9.17) is 18.9 Å². The Bertz CT molecular complexity index is 1160. The first kappa shape index (κ1) is 23.7. The van der Waals surface area contributed by atoms with Gasteiger partial charge in [-0.25, -0.2) is 0 Å². The number of ether oxygens (including phenoxy) is 4. The van der Waals surface area contributed by atoms with Crippen LogP contribution in [0.5, 0.6) is 23.0 Å². The van der Waals surface area contributed by atoms with Crippen LogP contribution in [0.25, 0.3) is 6.08 Å². The number of benzene rings is 2. The largest absolute Gasteiger partial charge is 0.497 e. The number of thiophene rings is 1. The van der Waals surface area contributed by atoms with Crippen LogP contribution in [0.3, 0.4) is 0 Å². The lowest BCUT2D eigenvalue weighted by molar-refractivity contribution is -0.113. The fourth-order valence-electron chi connectivity index (χ4n) is 2.95. The zero-order valence-electron chi connectivity index (χ0n) is 18.6. The average Bonchev–Trinajstić information content (AvgIpc) is 3.36. The highest BCUT2D eigenvalue weighted by Crippen LogP contribution is 2.30. The summed E-state index contributed by atoms with van der Waals surface area (Å²) >= 11 is 1.43. The minimum atomic E-state index is -0.524. The van der Waals surface area contributed by atoms with Gasteiger partial charge in [-0.15, -0.1) is 11.3 Å². The molecule has 0 saturated carbocycles. The van der Waals surface area contributed by atoms with Gasteiger partial charge >= 0.3 is 0 Å². The summed E-state index contributed by atoms with van der Waals surface area (Å²) in [4.78, 5) is 26.9. The van der Waals surface area contributed by atoms with Crippen LogP contribution in [-0.2, 0) is 4.79 Å². The van der Waals surface area contributed by atoms with Crippen molar-refractivity contribution in [1.82, 2.24) is 5.32 Å². The second-order valence-electron chi connectivity index (χ2n) is 6.62. The van der Waals surface area contributed by atoms with E-state index in [0.717, 1.165) is 4.88 Å². The van der Waals surface area contributed by atoms with Crippen molar-refractivity contribution in [2.24, 2.45) is 0 Å². The van der Waals surface area contributed by atoms with Crippen molar-refractivity contribution >= 4 is 34.9 Å². The standard InChI is InChI=1S/C24H24N2O6S/c1-29-16-8-10-20(30-2)18(13-16)25-24(28)19(14-17-6-5-11-33-17)26-23(27)15-7-9-21(31-3)22(12-15)32-4/h5-14H,1-4H3,(H,25,28)(H,26,27)/b19-14-. The van der Waals surface area contributed by atoms with Crippen molar-refractivity contribution < 1.29 is 28.5 Å². The molecule has 33 heavy (non-hydrogen) atoms. The smallest absolute Gasteiger partial charge is 0.272 e. The van der Waals surface area contributed by atoms with Crippen molar-refractivity contribution in [1.29, 1.82) is 0 Å². The van der Waals surface area contributed by atoms with Gasteiger partial charge in [0.05, 0.1) is 34.1 Å². The summed E-state index contributed by atoms with van der Waals surface area (Å²) in [7, 11) is 6.02. The Morgan fingerprint density at radius 2 is 1.58 bits per heavy atom. The number of amides is 2. The number of rotatable bonds is 9. The lowest BCUT2D eigenvalue weighted by Gasteiger charge is -2.15. The van der Waals surface area contributed by atoms with Crippen LogP contribution in [0, 0.1) is 0 Å². The van der Waals surface area contributed by atoms with Crippen LogP contribution in [0.15, 0.2) is 59.6 Å². The first-order valence-electron chi connectivity index (χ1n) is 9.81. The average molecular weight is 469 g/mol. The molecule has 0 unspecified atom stereocenters. The van der Waals surface area contributed by atoms with E-state index < -0.39 is 11.8 Å². The molecule has 1 aromatic heterocycles. The van der Waals surface area contributed by atoms with E-state index in [1.54, 1.807) is 42.5 Å². The number of nitrogens with one attached hydrogen (secondary N) is 2. The highest BCUT2D eigenvalue weighted by Gasteiger charge is 2.18. The van der Waals surface area contributed by atoms with E-state index >= 15 is 0 Å². The molecule has 0 aliphatic carbocycles. The van der Waals surface area contributed by atoms with Crippen molar-refractivity contribution in [3.05, 3.63) is 70.0 Å². The molecule has 0 aliphatic rings. The summed E-state index contributed by atoms with van der Waals surface area (Å²) in [5.41, 5.74) is 0.762. The molecular weight excluding hydrogens is 444 g/mol. The van der Waals surface area contributed by atoms with Crippen molar-refractivity contribution in [3.63, 3.8) is 0 Å². The third kappa shape index (κ3) is 5.83. The van der Waals surface area contributed by atoms with Gasteiger partial charge in [0.15, 0.2) is 11.5 Å². The predicted octanol–water partition coefficient (Wildman–Crippen LogP) is 4.19. The lowest BCUT2D eigenvalue weighted by Crippen LogP contribution is -2.30. The Hall–Kier alpha value is -3.98. The number of carbonyl (C=O) groups is 2. The van der Waals surface area contributed by atoms with Gasteiger partial charge in [-0.05, 0) is 47.9 Å². The molecule has 3 aromatic rings. The first-order valence-corrected chi connectivity index (χ1v) is 10.7. The van der Waals surface area contributed by atoms with E-state index in [0.29, 0.717) is 34.2 Å². The predicted molar refractivity (Wildman–Crippen MR) is 127 cm³/mol. The molecule has 2 N–H and O–H groups in total. The normalized spacial score (nSPS) is 10.8. The van der Waals surface area contributed by atoms with Crippen LogP contribution < -0.4 is 29.6 Å². The molecule has 2 amide bonds. The van der Waals surface area contributed by atoms with Gasteiger partial charge < -0.3 is 29.6 Å². The Kier molecular flexibility index (Phi) is 7.93. The Labute approximate surface area is 195 Å². The third-order valence-corrected chi connectivity index (χ3v) is 5.44. The van der Waals surface area contributed by atoms with Crippen LogP contribution in [-0.4, -0.2) is 40.3 Å². The van der Waals surface area contributed by atoms with Crippen LogP contribution in [0.2, 0.25) is 0 Å². The fraction of sp³-hybridized carbons (Fsp3) is 0.167. The number of carbonyl (C=O) groups excluding carboxylic acids is 2. The van der Waals surface area contributed by atoms with Crippen LogP contribution in [0.4, 0.5) is 5.69 Å². The minimum absolute atomic E-state index is 0.0575. The maximum atomic E-state index is 13.2. The summed E-state index contributed by atoms with van der Waals surface area (Å²) in [5, 5.41) is 7.35. The van der Waals surface area contributed by atoms with E-state index in [-0.39, 0.29) is 5.70 Å². The third-order valence-electron chi connectivity index (χ3n) is 4.62. The van der Waals surface area contributed by atoms with E-state index in [9.17, 15) is 9.59 Å². The highest BCUT2D eigenvalue weighted by molar-refractivity contribution is 7.10. The molecule has 0 atom stereocenters. The van der Waals surface area contributed by atoms with Gasteiger partial charge in [-0.2, -0.15) is 0 Å². The minimum Gasteiger partial charge on any atom is -0.497 e. The number of hydrogen-bond acceptors (Lipinski definition) is 7. The molecule has 0 bridgehead atoms. The van der Waals surface area contributed by atoms with Gasteiger partial charge in [-0.3, -0.25) is 9.59 Å². The molecule has 0 radical (unpaired) electrons. The maximum Gasteiger partial charge on any atom is 0.272 e. The SMILES string of the molecule is COc1ccc(OC)c(NC(=O)/C(=C/c2cccs2)NC(=O)c2ccc(OC)c(OC)c2)c1. The quantitative estimate of drug-likeness (QED) is 0.457. The van der Waals surface area contributed by atoms with Gasteiger partial charge in [0.1, 0.15) is 17.2 Å². The fourth-order valence-corrected chi connectivity index (χ4v) is 3.60. The summed E-state index contributed by atoms with van der Waals surface area (Å²) < 4.78 is 21.0. The van der Waals surface area contributed by atoms with Gasteiger partial charge in [0.2, 0.25) is 0 Å². The first-order chi connectivity index (χ1) is 16.0. The zero-order chi connectivity index (χ0) is 23.8. The molecule has 1 heterocycles. The molecule has 0 saturated heterocycles. The topological polar surface area (TPSA) is 95.1 Å². The maximum absolute atomic E-state index is 13.2. The molecule has 8 nitrogen and oxygen atoms in total. The molecule has 172 valence electrons. The van der Waals surface area contributed by atoms with Crippen molar-refractivity contribution in [3.8, 4) is 23.0 Å². The molecule has 3 rings (SSSR count). The van der Waals surface area contributed by atoms with Gasteiger partial charge in [-0.1, -0.05) is 6.07 Å². The van der Waals surface area contributed by atoms with Gasteiger partial charge in [0.25, 0.3) is 11.8 Å². The van der Waals surface area contributed by atoms with Crippen LogP contribution in [0.1, 0.15) is 15.2 Å². The lowest BCUT2D eigenvalue weighted by atomic mass is 10.1. The number of anilines is 1. The highest BCUT2D eigenvalue weighted by atomic mass is 32.1. The zero-order valence-corrected chi connectivity index (χ0v) is 19.4. The summed E-state index contributed by atoms with van der Waals surface area (Å²) in [5.74, 6) is 0.885. The summed E-state index contributed by atoms with van der Waals surface area (Å²) in [6.07, 6.45) is 1.60. The van der Waals surface area contributed by atoms with Crippen molar-refractivity contribution in [2.45, 2.75) is 0 Å². The second-order valence-corrected chi connectivity index (χ2v) is 7.60. The molecule has 9 heteroatoms. The molecule has 0 aliphatic heterocycles. The molecule has 2 aromatic carbocycles. The second kappa shape index (κ2) is 11.1. The monoisotopic (exact) mass is 468 g/mol. The number of methoxy groups -OCH3 is 4. The Balaban J connectivity index is 1.90. The Morgan fingerprint density at radius 3 is 2.21 bits per heavy atom. The summed E-state index contributed by atoms with van der Waals surface area (Å²) in [6, 6.07) is 13.5. The molecule has 0 fully saturated rings. The summed E-state index contributed by atoms with van der Waals surface area (Å²) in [6.45, 7) is 0. The van der Waals surface area contributed by atoms with Gasteiger partial charge in [0, 0.05) is 16.5 Å². The van der Waals surface area contributed by atoms with E-state index in [1.807, 2.05) is 17.5 Å². The molecular formula is C24H24N2O6S. The van der Waals surface area contributed by atoms with Crippen molar-refractivity contribution in [2.75, 3.05) is 33.8 Å². The Morgan fingerprint density at radius 1 is 0.848 bits per heavy atom. The van der Waals surface area contributed by atoms with Crippen LogP contribution >= 0.6 is 11.3 Å². The number of hydrogen-bond donors (Lipinski definition) is 2.